The highest BCUT2D eigenvalue weighted by atomic mass is 16.5. The highest BCUT2D eigenvalue weighted by Gasteiger charge is 2.24. The first-order chi connectivity index (χ1) is 12.0. The number of nitrogens with one attached hydrogen (secondary N) is 1. The number of hydrogen-bond donors (Lipinski definition) is 3. The number of carboxylic acids is 1. The van der Waals surface area contributed by atoms with Crippen LogP contribution in [0.25, 0.3) is 0 Å². The van der Waals surface area contributed by atoms with Gasteiger partial charge in [-0.3, -0.25) is 9.59 Å². The van der Waals surface area contributed by atoms with Crippen molar-refractivity contribution < 1.29 is 19.4 Å². The Morgan fingerprint density at radius 3 is 2.92 bits per heavy atom. The number of rotatable bonds is 6. The van der Waals surface area contributed by atoms with E-state index in [9.17, 15) is 9.59 Å². The summed E-state index contributed by atoms with van der Waals surface area (Å²) in [5.74, 6) is 0.0778. The zero-order valence-electron chi connectivity index (χ0n) is 13.6. The van der Waals surface area contributed by atoms with Crippen molar-refractivity contribution in [1.29, 1.82) is 0 Å². The van der Waals surface area contributed by atoms with Crippen molar-refractivity contribution in [3.05, 3.63) is 53.2 Å². The zero-order valence-corrected chi connectivity index (χ0v) is 13.6. The number of nitrogen functional groups attached to an aromatic ring is 1. The zero-order chi connectivity index (χ0) is 17.8. The molecule has 1 atom stereocenters. The summed E-state index contributed by atoms with van der Waals surface area (Å²) in [7, 11) is 0. The van der Waals surface area contributed by atoms with Crippen molar-refractivity contribution in [2.75, 3.05) is 5.73 Å². The minimum atomic E-state index is -0.838. The maximum absolute atomic E-state index is 12.3. The van der Waals surface area contributed by atoms with Crippen molar-refractivity contribution in [3.8, 4) is 5.75 Å². The predicted octanol–water partition coefficient (Wildman–Crippen LogP) is 1.76. The number of nitrogens with two attached hydrogens (primary N) is 1. The van der Waals surface area contributed by atoms with Gasteiger partial charge in [-0.1, -0.05) is 6.07 Å². The molecule has 1 unspecified atom stereocenters. The summed E-state index contributed by atoms with van der Waals surface area (Å²) in [5.41, 5.74) is 7.76. The van der Waals surface area contributed by atoms with Crippen LogP contribution in [0.3, 0.4) is 0 Å². The van der Waals surface area contributed by atoms with Gasteiger partial charge < -0.3 is 20.9 Å². The second-order valence-electron chi connectivity index (χ2n) is 5.94. The number of anilines is 1. The van der Waals surface area contributed by atoms with E-state index in [1.54, 1.807) is 36.4 Å². The van der Waals surface area contributed by atoms with E-state index in [0.29, 0.717) is 42.2 Å². The molecule has 0 spiro atoms. The Morgan fingerprint density at radius 2 is 2.16 bits per heavy atom. The summed E-state index contributed by atoms with van der Waals surface area (Å²) < 4.78 is 5.72. The lowest BCUT2D eigenvalue weighted by Crippen LogP contribution is -2.23. The lowest BCUT2D eigenvalue weighted by Gasteiger charge is -2.08. The molecule has 0 saturated heterocycles. The number of benzene rings is 1. The van der Waals surface area contributed by atoms with Crippen molar-refractivity contribution in [2.24, 2.45) is 0 Å². The lowest BCUT2D eigenvalue weighted by atomic mass is 10.0. The number of aromatic nitrogens is 1. The fourth-order valence-electron chi connectivity index (χ4n) is 2.78. The summed E-state index contributed by atoms with van der Waals surface area (Å²) >= 11 is 0. The fourth-order valence-corrected chi connectivity index (χ4v) is 2.78. The van der Waals surface area contributed by atoms with Gasteiger partial charge in [-0.25, -0.2) is 4.98 Å². The van der Waals surface area contributed by atoms with Crippen molar-refractivity contribution in [2.45, 2.75) is 31.9 Å². The highest BCUT2D eigenvalue weighted by molar-refractivity contribution is 5.94. The van der Waals surface area contributed by atoms with Gasteiger partial charge in [0.2, 0.25) is 0 Å². The van der Waals surface area contributed by atoms with E-state index in [2.05, 4.69) is 10.3 Å². The van der Waals surface area contributed by atoms with E-state index >= 15 is 0 Å². The molecule has 25 heavy (non-hydrogen) atoms. The van der Waals surface area contributed by atoms with Crippen LogP contribution < -0.4 is 15.8 Å². The Bertz CT molecular complexity index is 807. The minimum absolute atomic E-state index is 0.0687. The first kappa shape index (κ1) is 16.8. The molecule has 0 aliphatic carbocycles. The average Bonchev–Trinajstić information content (AvgIpc) is 3.00. The molecule has 2 heterocycles. The second kappa shape index (κ2) is 7.21. The minimum Gasteiger partial charge on any atom is -0.490 e. The van der Waals surface area contributed by atoms with Crippen LogP contribution in [-0.2, 0) is 17.8 Å². The third kappa shape index (κ3) is 4.26. The Labute approximate surface area is 144 Å². The lowest BCUT2D eigenvalue weighted by molar-refractivity contribution is -0.137. The number of aliphatic carboxylic acids is 1. The van der Waals surface area contributed by atoms with E-state index in [4.69, 9.17) is 15.6 Å². The molecule has 0 bridgehead atoms. The topological polar surface area (TPSA) is 115 Å². The number of fused-ring (bicyclic) bond motifs is 1. The van der Waals surface area contributed by atoms with E-state index in [1.807, 2.05) is 0 Å². The van der Waals surface area contributed by atoms with E-state index < -0.39 is 5.97 Å². The van der Waals surface area contributed by atoms with Gasteiger partial charge in [0.15, 0.2) is 0 Å². The standard InChI is InChI=1S/C18H19N3O4/c19-16-3-1-2-13(21-16)10-20-18(24)11-4-6-15-12(8-11)9-14(25-15)5-7-17(22)23/h1-4,6,8,14H,5,7,9-10H2,(H2,19,21)(H,20,24)(H,22,23). The molecule has 1 aromatic heterocycles. The monoisotopic (exact) mass is 341 g/mol. The van der Waals surface area contributed by atoms with Gasteiger partial charge in [-0.2, -0.15) is 0 Å². The second-order valence-corrected chi connectivity index (χ2v) is 5.94. The van der Waals surface area contributed by atoms with Crippen LogP contribution in [0.4, 0.5) is 5.82 Å². The fraction of sp³-hybridized carbons (Fsp3) is 0.278. The Kier molecular flexibility index (Phi) is 4.83. The Morgan fingerprint density at radius 1 is 1.32 bits per heavy atom. The van der Waals surface area contributed by atoms with Gasteiger partial charge in [0.25, 0.3) is 5.91 Å². The van der Waals surface area contributed by atoms with Gasteiger partial charge in [0, 0.05) is 18.4 Å². The largest absolute Gasteiger partial charge is 0.490 e. The molecule has 1 amide bonds. The quantitative estimate of drug-likeness (QED) is 0.737. The first-order valence-electron chi connectivity index (χ1n) is 8.02. The number of pyridine rings is 1. The normalized spacial score (nSPS) is 15.3. The predicted molar refractivity (Wildman–Crippen MR) is 91.3 cm³/mol. The van der Waals surface area contributed by atoms with Gasteiger partial charge in [0.1, 0.15) is 17.7 Å². The number of amides is 1. The Hall–Kier alpha value is -3.09. The number of ether oxygens (including phenoxy) is 1. The molecule has 2 aromatic rings. The summed E-state index contributed by atoms with van der Waals surface area (Å²) in [6.07, 6.45) is 0.979. The molecular weight excluding hydrogens is 322 g/mol. The van der Waals surface area contributed by atoms with Gasteiger partial charge >= 0.3 is 5.97 Å². The van der Waals surface area contributed by atoms with Gasteiger partial charge in [0.05, 0.1) is 12.2 Å². The first-order valence-corrected chi connectivity index (χ1v) is 8.02. The van der Waals surface area contributed by atoms with Crippen LogP contribution in [0, 0.1) is 0 Å². The molecule has 1 aromatic carbocycles. The van der Waals surface area contributed by atoms with Crippen molar-refractivity contribution >= 4 is 17.7 Å². The van der Waals surface area contributed by atoms with Crippen LogP contribution in [-0.4, -0.2) is 28.1 Å². The van der Waals surface area contributed by atoms with Crippen molar-refractivity contribution in [3.63, 3.8) is 0 Å². The number of carboxylic acid groups (broad SMARTS) is 1. The highest BCUT2D eigenvalue weighted by Crippen LogP contribution is 2.31. The third-order valence-electron chi connectivity index (χ3n) is 4.00. The molecule has 130 valence electrons. The van der Waals surface area contributed by atoms with Gasteiger partial charge in [-0.15, -0.1) is 0 Å². The summed E-state index contributed by atoms with van der Waals surface area (Å²) in [4.78, 5) is 27.1. The smallest absolute Gasteiger partial charge is 0.303 e. The molecule has 0 radical (unpaired) electrons. The summed E-state index contributed by atoms with van der Waals surface area (Å²) in [6.45, 7) is 0.290. The molecule has 3 rings (SSSR count). The molecule has 7 nitrogen and oxygen atoms in total. The molecule has 0 saturated carbocycles. The molecule has 4 N–H and O–H groups in total. The van der Waals surface area contributed by atoms with E-state index in [1.165, 1.54) is 0 Å². The molecule has 7 heteroatoms. The maximum Gasteiger partial charge on any atom is 0.303 e. The Balaban J connectivity index is 1.60. The summed E-state index contributed by atoms with van der Waals surface area (Å²) in [6, 6.07) is 10.5. The number of carbonyl (C=O) groups is 2. The third-order valence-corrected chi connectivity index (χ3v) is 4.00. The maximum atomic E-state index is 12.3. The number of nitrogens with zero attached hydrogens (tertiary/aromatic N) is 1. The SMILES string of the molecule is Nc1cccc(CNC(=O)c2ccc3c(c2)CC(CCC(=O)O)O3)n1. The van der Waals surface area contributed by atoms with E-state index in [0.717, 1.165) is 5.56 Å². The van der Waals surface area contributed by atoms with Crippen molar-refractivity contribution in [1.82, 2.24) is 10.3 Å². The van der Waals surface area contributed by atoms with Crippen LogP contribution in [0.15, 0.2) is 36.4 Å². The number of carbonyl (C=O) groups excluding carboxylic acids is 1. The van der Waals surface area contributed by atoms with Crippen LogP contribution >= 0.6 is 0 Å². The molecular formula is C18H19N3O4. The molecule has 1 aliphatic rings. The molecule has 0 fully saturated rings. The van der Waals surface area contributed by atoms with Gasteiger partial charge in [-0.05, 0) is 42.3 Å². The van der Waals surface area contributed by atoms with Crippen LogP contribution in [0.5, 0.6) is 5.75 Å². The molecule has 1 aliphatic heterocycles. The van der Waals surface area contributed by atoms with Crippen LogP contribution in [0.2, 0.25) is 0 Å². The average molecular weight is 341 g/mol. The van der Waals surface area contributed by atoms with E-state index in [-0.39, 0.29) is 18.4 Å². The summed E-state index contributed by atoms with van der Waals surface area (Å²) in [5, 5.41) is 11.6. The number of hydrogen-bond acceptors (Lipinski definition) is 5. The van der Waals surface area contributed by atoms with Crippen LogP contribution in [0.1, 0.15) is 34.5 Å².